The first-order valence-corrected chi connectivity index (χ1v) is 5.18. The number of hydroxylamine groups is 1. The van der Waals surface area contributed by atoms with E-state index < -0.39 is 30.3 Å². The SMILES string of the molecule is O=C(NOC(=O)C(F)(F)F)Nc1ccc(OC(F)(F)F)cc1. The molecule has 0 atom stereocenters. The van der Waals surface area contributed by atoms with Crippen molar-refractivity contribution in [2.45, 2.75) is 12.5 Å². The van der Waals surface area contributed by atoms with Gasteiger partial charge in [-0.15, -0.1) is 13.2 Å². The molecule has 0 saturated heterocycles. The van der Waals surface area contributed by atoms with Crippen molar-refractivity contribution in [3.63, 3.8) is 0 Å². The molecule has 0 aromatic heterocycles. The number of nitrogens with one attached hydrogen (secondary N) is 2. The predicted molar refractivity (Wildman–Crippen MR) is 57.4 cm³/mol. The van der Waals surface area contributed by atoms with Crippen LogP contribution >= 0.6 is 0 Å². The van der Waals surface area contributed by atoms with E-state index in [1.54, 1.807) is 0 Å². The maximum absolute atomic E-state index is 11.9. The molecule has 0 heterocycles. The van der Waals surface area contributed by atoms with Crippen LogP contribution in [0.5, 0.6) is 5.75 Å². The topological polar surface area (TPSA) is 76.7 Å². The third-order valence-corrected chi connectivity index (χ3v) is 1.81. The Kier molecular flexibility index (Phi) is 5.06. The van der Waals surface area contributed by atoms with Gasteiger partial charge >= 0.3 is 24.5 Å². The second-order valence-electron chi connectivity index (χ2n) is 3.52. The molecule has 0 spiro atoms. The molecule has 0 radical (unpaired) electrons. The van der Waals surface area contributed by atoms with Crippen LogP contribution in [0.15, 0.2) is 24.3 Å². The van der Waals surface area contributed by atoms with E-state index in [1.807, 2.05) is 5.32 Å². The molecule has 0 fully saturated rings. The van der Waals surface area contributed by atoms with Crippen LogP contribution in [0.3, 0.4) is 0 Å². The molecule has 1 aromatic rings. The summed E-state index contributed by atoms with van der Waals surface area (Å²) in [5.41, 5.74) is 1.07. The fraction of sp³-hybridized carbons (Fsp3) is 0.200. The molecule has 12 heteroatoms. The summed E-state index contributed by atoms with van der Waals surface area (Å²) < 4.78 is 74.5. The Morgan fingerprint density at radius 2 is 1.50 bits per heavy atom. The minimum absolute atomic E-state index is 0.0879. The minimum atomic E-state index is -5.29. The van der Waals surface area contributed by atoms with Gasteiger partial charge in [0.2, 0.25) is 0 Å². The second kappa shape index (κ2) is 6.41. The van der Waals surface area contributed by atoms with E-state index in [9.17, 15) is 35.9 Å². The standard InChI is InChI=1S/C10H6F6N2O4/c11-9(12,13)7(19)22-18-8(20)17-5-1-3-6(4-2-5)21-10(14,15)16/h1-4H,(H2,17,18,20). The summed E-state index contributed by atoms with van der Waals surface area (Å²) in [6.45, 7) is 0. The largest absolute Gasteiger partial charge is 0.573 e. The fourth-order valence-electron chi connectivity index (χ4n) is 1.05. The van der Waals surface area contributed by atoms with Crippen LogP contribution in [-0.2, 0) is 9.63 Å². The maximum Gasteiger partial charge on any atom is 0.573 e. The Labute approximate surface area is 117 Å². The molecule has 0 aliphatic heterocycles. The van der Waals surface area contributed by atoms with Crippen molar-refractivity contribution in [3.8, 4) is 5.75 Å². The highest BCUT2D eigenvalue weighted by atomic mass is 19.4. The molecule has 2 amide bonds. The van der Waals surface area contributed by atoms with Gasteiger partial charge in [-0.05, 0) is 24.3 Å². The molecule has 1 rings (SSSR count). The molecule has 22 heavy (non-hydrogen) atoms. The lowest BCUT2D eigenvalue weighted by Crippen LogP contribution is -2.36. The van der Waals surface area contributed by atoms with Crippen molar-refractivity contribution in [3.05, 3.63) is 24.3 Å². The number of amides is 2. The number of alkyl halides is 6. The smallest absolute Gasteiger partial charge is 0.406 e. The van der Waals surface area contributed by atoms with Crippen molar-refractivity contribution in [1.82, 2.24) is 5.48 Å². The predicted octanol–water partition coefficient (Wildman–Crippen LogP) is 2.73. The summed E-state index contributed by atoms with van der Waals surface area (Å²) in [6.07, 6.45) is -10.2. The summed E-state index contributed by atoms with van der Waals surface area (Å²) in [5.74, 6) is -3.21. The van der Waals surface area contributed by atoms with Crippen LogP contribution < -0.4 is 15.5 Å². The molecular formula is C10H6F6N2O4. The zero-order valence-corrected chi connectivity index (χ0v) is 10.2. The van der Waals surface area contributed by atoms with E-state index in [1.165, 1.54) is 0 Å². The van der Waals surface area contributed by atoms with Crippen LogP contribution in [0.1, 0.15) is 0 Å². The van der Waals surface area contributed by atoms with Gasteiger partial charge in [0, 0.05) is 5.69 Å². The number of benzene rings is 1. The zero-order chi connectivity index (χ0) is 17.0. The Bertz CT molecular complexity index is 540. The second-order valence-corrected chi connectivity index (χ2v) is 3.52. The van der Waals surface area contributed by atoms with Crippen LogP contribution in [0.2, 0.25) is 0 Å². The Balaban J connectivity index is 2.50. The third-order valence-electron chi connectivity index (χ3n) is 1.81. The minimum Gasteiger partial charge on any atom is -0.406 e. The fourth-order valence-corrected chi connectivity index (χ4v) is 1.05. The number of carbonyl (C=O) groups is 2. The molecule has 0 bridgehead atoms. The Morgan fingerprint density at radius 1 is 0.955 bits per heavy atom. The lowest BCUT2D eigenvalue weighted by atomic mass is 10.3. The number of hydrogen-bond acceptors (Lipinski definition) is 4. The van der Waals surface area contributed by atoms with Crippen molar-refractivity contribution >= 4 is 17.7 Å². The molecule has 0 saturated carbocycles. The van der Waals surface area contributed by atoms with Crippen LogP contribution in [0.25, 0.3) is 0 Å². The van der Waals surface area contributed by atoms with Crippen molar-refractivity contribution < 1.29 is 45.5 Å². The first-order valence-electron chi connectivity index (χ1n) is 5.18. The monoisotopic (exact) mass is 332 g/mol. The van der Waals surface area contributed by atoms with Gasteiger partial charge in [-0.3, -0.25) is 0 Å². The van der Waals surface area contributed by atoms with Crippen LogP contribution in [0.4, 0.5) is 36.8 Å². The Hall–Kier alpha value is -2.66. The summed E-state index contributed by atoms with van der Waals surface area (Å²) in [4.78, 5) is 24.8. The number of hydrogen-bond donors (Lipinski definition) is 2. The van der Waals surface area contributed by atoms with Crippen molar-refractivity contribution in [1.29, 1.82) is 0 Å². The van der Waals surface area contributed by atoms with Gasteiger partial charge in [0.15, 0.2) is 0 Å². The van der Waals surface area contributed by atoms with E-state index in [0.29, 0.717) is 0 Å². The van der Waals surface area contributed by atoms with Gasteiger partial charge in [-0.25, -0.2) is 9.59 Å². The maximum atomic E-state index is 11.9. The van der Waals surface area contributed by atoms with Crippen molar-refractivity contribution in [2.24, 2.45) is 0 Å². The summed E-state index contributed by atoms with van der Waals surface area (Å²) >= 11 is 0. The first-order chi connectivity index (χ1) is 9.97. The quantitative estimate of drug-likeness (QED) is 0.645. The van der Waals surface area contributed by atoms with E-state index in [0.717, 1.165) is 29.7 Å². The first kappa shape index (κ1) is 17.4. The Morgan fingerprint density at radius 3 is 1.95 bits per heavy atom. The zero-order valence-electron chi connectivity index (χ0n) is 10.2. The molecule has 122 valence electrons. The molecule has 0 unspecified atom stereocenters. The molecule has 0 aliphatic rings. The molecular weight excluding hydrogens is 326 g/mol. The lowest BCUT2D eigenvalue weighted by Gasteiger charge is -2.10. The number of halogens is 6. The van der Waals surface area contributed by atoms with Gasteiger partial charge in [-0.1, -0.05) is 0 Å². The normalized spacial score (nSPS) is 11.5. The highest BCUT2D eigenvalue weighted by Crippen LogP contribution is 2.23. The van der Waals surface area contributed by atoms with E-state index in [2.05, 4.69) is 9.57 Å². The van der Waals surface area contributed by atoms with Gasteiger partial charge in [0.25, 0.3) is 0 Å². The number of carbonyl (C=O) groups excluding carboxylic acids is 2. The average molecular weight is 332 g/mol. The van der Waals surface area contributed by atoms with Gasteiger partial charge in [0.05, 0.1) is 0 Å². The summed E-state index contributed by atoms with van der Waals surface area (Å²) in [5, 5.41) is 1.91. The van der Waals surface area contributed by atoms with E-state index in [-0.39, 0.29) is 5.69 Å². The summed E-state index contributed by atoms with van der Waals surface area (Å²) in [6, 6.07) is 2.32. The van der Waals surface area contributed by atoms with E-state index in [4.69, 9.17) is 0 Å². The molecule has 2 N–H and O–H groups in total. The number of anilines is 1. The molecule has 1 aromatic carbocycles. The van der Waals surface area contributed by atoms with Gasteiger partial charge < -0.3 is 14.9 Å². The third kappa shape index (κ3) is 6.19. The van der Waals surface area contributed by atoms with Crippen LogP contribution in [0, 0.1) is 0 Å². The van der Waals surface area contributed by atoms with E-state index >= 15 is 0 Å². The molecule has 6 nitrogen and oxygen atoms in total. The summed E-state index contributed by atoms with van der Waals surface area (Å²) in [7, 11) is 0. The highest BCUT2D eigenvalue weighted by Gasteiger charge is 2.42. The highest BCUT2D eigenvalue weighted by molar-refractivity contribution is 5.89. The van der Waals surface area contributed by atoms with Crippen molar-refractivity contribution in [2.75, 3.05) is 5.32 Å². The number of urea groups is 1. The lowest BCUT2D eigenvalue weighted by molar-refractivity contribution is -0.274. The number of rotatable bonds is 2. The van der Waals surface area contributed by atoms with Gasteiger partial charge in [-0.2, -0.15) is 18.7 Å². The van der Waals surface area contributed by atoms with Gasteiger partial charge in [0.1, 0.15) is 5.75 Å². The average Bonchev–Trinajstić information content (AvgIpc) is 2.35. The number of ether oxygens (including phenoxy) is 1. The molecule has 0 aliphatic carbocycles. The van der Waals surface area contributed by atoms with Crippen LogP contribution in [-0.4, -0.2) is 24.5 Å².